The lowest BCUT2D eigenvalue weighted by Gasteiger charge is -2.23. The highest BCUT2D eigenvalue weighted by Gasteiger charge is 2.30. The van der Waals surface area contributed by atoms with Crippen LogP contribution in [-0.2, 0) is 27.4 Å². The number of aromatic nitrogens is 1. The van der Waals surface area contributed by atoms with E-state index in [1.165, 1.54) is 12.1 Å². The minimum atomic E-state index is -0.372. The molecule has 0 aliphatic carbocycles. The maximum Gasteiger partial charge on any atom is 0.268 e. The molecule has 4 aromatic rings. The van der Waals surface area contributed by atoms with E-state index in [1.54, 1.807) is 18.2 Å². The summed E-state index contributed by atoms with van der Waals surface area (Å²) < 4.78 is 26.8. The first-order valence-electron chi connectivity index (χ1n) is 13.1. The van der Waals surface area contributed by atoms with E-state index in [1.807, 2.05) is 60.0 Å². The van der Waals surface area contributed by atoms with Crippen molar-refractivity contribution in [3.8, 4) is 0 Å². The van der Waals surface area contributed by atoms with E-state index >= 15 is 0 Å². The zero-order valence-corrected chi connectivity index (χ0v) is 21.9. The summed E-state index contributed by atoms with van der Waals surface area (Å²) >= 11 is 0. The van der Waals surface area contributed by atoms with Gasteiger partial charge in [0.15, 0.2) is 0 Å². The van der Waals surface area contributed by atoms with Crippen LogP contribution < -0.4 is 10.6 Å². The van der Waals surface area contributed by atoms with Gasteiger partial charge in [0.2, 0.25) is 5.91 Å². The van der Waals surface area contributed by atoms with E-state index in [4.69, 9.17) is 9.47 Å². The molecule has 2 amide bonds. The fourth-order valence-corrected chi connectivity index (χ4v) is 4.85. The average molecular weight is 530 g/mol. The van der Waals surface area contributed by atoms with Crippen molar-refractivity contribution in [2.45, 2.75) is 38.5 Å². The predicted octanol–water partition coefficient (Wildman–Crippen LogP) is 5.28. The van der Waals surface area contributed by atoms with Crippen LogP contribution in [0.4, 0.5) is 10.1 Å². The largest absolute Gasteiger partial charge is 0.373 e. The third-order valence-corrected chi connectivity index (χ3v) is 6.94. The topological polar surface area (TPSA) is 81.6 Å². The molecule has 1 atom stereocenters. The zero-order valence-electron chi connectivity index (χ0n) is 21.9. The van der Waals surface area contributed by atoms with Crippen LogP contribution in [0.25, 0.3) is 10.9 Å². The van der Waals surface area contributed by atoms with Gasteiger partial charge in [-0.25, -0.2) is 4.39 Å². The smallest absolute Gasteiger partial charge is 0.268 e. The number of anilines is 1. The first-order valence-corrected chi connectivity index (χ1v) is 13.1. The molecule has 0 spiro atoms. The maximum absolute atomic E-state index is 13.5. The standard InChI is InChI=1S/C31H32FN3O4/c1-31(14-5-15-39-31)21-33-30(37)28-17-24-16-26(34-29(36)20-38-19-23-6-3-2-4-7-23)12-13-27(24)35(28)18-22-8-10-25(32)11-9-22/h2-4,6-13,16-17H,5,14-15,18-21H2,1H3,(H,33,37)(H,34,36)/t31-/m0/s1. The lowest BCUT2D eigenvalue weighted by atomic mass is 10.0. The second kappa shape index (κ2) is 11.8. The molecule has 0 unspecified atom stereocenters. The molecule has 5 rings (SSSR count). The number of hydrogen-bond donors (Lipinski definition) is 2. The monoisotopic (exact) mass is 529 g/mol. The quantitative estimate of drug-likeness (QED) is 0.293. The molecule has 0 bridgehead atoms. The second-order valence-corrected chi connectivity index (χ2v) is 10.1. The van der Waals surface area contributed by atoms with Crippen molar-refractivity contribution in [2.75, 3.05) is 25.1 Å². The number of nitrogens with one attached hydrogen (secondary N) is 2. The minimum Gasteiger partial charge on any atom is -0.373 e. The van der Waals surface area contributed by atoms with E-state index in [9.17, 15) is 14.0 Å². The highest BCUT2D eigenvalue weighted by atomic mass is 19.1. The molecule has 202 valence electrons. The van der Waals surface area contributed by atoms with Gasteiger partial charge >= 0.3 is 0 Å². The van der Waals surface area contributed by atoms with Crippen molar-refractivity contribution >= 4 is 28.4 Å². The molecule has 1 aromatic heterocycles. The Morgan fingerprint density at radius 2 is 1.82 bits per heavy atom. The van der Waals surface area contributed by atoms with Crippen LogP contribution in [0.15, 0.2) is 78.9 Å². The van der Waals surface area contributed by atoms with Crippen LogP contribution in [-0.4, -0.2) is 41.7 Å². The summed E-state index contributed by atoms with van der Waals surface area (Å²) in [4.78, 5) is 25.8. The van der Waals surface area contributed by atoms with Gasteiger partial charge < -0.3 is 24.7 Å². The summed E-state index contributed by atoms with van der Waals surface area (Å²) in [6.07, 6.45) is 1.87. The van der Waals surface area contributed by atoms with Crippen molar-refractivity contribution in [1.82, 2.24) is 9.88 Å². The van der Waals surface area contributed by atoms with Gasteiger partial charge in [-0.3, -0.25) is 9.59 Å². The number of benzene rings is 3. The lowest BCUT2D eigenvalue weighted by Crippen LogP contribution is -2.40. The number of carbonyl (C=O) groups excluding carboxylic acids is 2. The predicted molar refractivity (Wildman–Crippen MR) is 148 cm³/mol. The lowest BCUT2D eigenvalue weighted by molar-refractivity contribution is -0.121. The van der Waals surface area contributed by atoms with Crippen LogP contribution in [0.1, 0.15) is 41.4 Å². The Morgan fingerprint density at radius 1 is 1.03 bits per heavy atom. The van der Waals surface area contributed by atoms with Crippen molar-refractivity contribution in [1.29, 1.82) is 0 Å². The fraction of sp³-hybridized carbons (Fsp3) is 0.290. The summed E-state index contributed by atoms with van der Waals surface area (Å²) in [5.41, 5.74) is 3.39. The van der Waals surface area contributed by atoms with E-state index < -0.39 is 0 Å². The summed E-state index contributed by atoms with van der Waals surface area (Å²) in [7, 11) is 0. The van der Waals surface area contributed by atoms with Crippen LogP contribution in [0.3, 0.4) is 0 Å². The number of hydrogen-bond acceptors (Lipinski definition) is 4. The van der Waals surface area contributed by atoms with Crippen LogP contribution in [0, 0.1) is 5.82 Å². The van der Waals surface area contributed by atoms with Crippen molar-refractivity contribution in [2.24, 2.45) is 0 Å². The summed E-state index contributed by atoms with van der Waals surface area (Å²) in [6.45, 7) is 3.78. The Labute approximate surface area is 226 Å². The molecule has 1 fully saturated rings. The number of nitrogens with zero attached hydrogens (tertiary/aromatic N) is 1. The molecular formula is C31H32FN3O4. The van der Waals surface area contributed by atoms with E-state index in [0.717, 1.165) is 34.9 Å². The molecule has 2 heterocycles. The van der Waals surface area contributed by atoms with Crippen LogP contribution in [0.5, 0.6) is 0 Å². The zero-order chi connectivity index (χ0) is 27.2. The minimum absolute atomic E-state index is 0.0764. The maximum atomic E-state index is 13.5. The van der Waals surface area contributed by atoms with E-state index in [-0.39, 0.29) is 29.8 Å². The van der Waals surface area contributed by atoms with Crippen LogP contribution in [0.2, 0.25) is 0 Å². The molecule has 0 radical (unpaired) electrons. The van der Waals surface area contributed by atoms with Gasteiger partial charge in [0.05, 0.1) is 12.2 Å². The second-order valence-electron chi connectivity index (χ2n) is 10.1. The SMILES string of the molecule is C[C@@]1(CNC(=O)c2cc3cc(NC(=O)COCc4ccccc4)ccc3n2Cc2ccc(F)cc2)CCCO1. The van der Waals surface area contributed by atoms with Gasteiger partial charge in [-0.1, -0.05) is 42.5 Å². The summed E-state index contributed by atoms with van der Waals surface area (Å²) in [6, 6.07) is 23.2. The van der Waals surface area contributed by atoms with E-state index in [0.29, 0.717) is 37.7 Å². The highest BCUT2D eigenvalue weighted by molar-refractivity contribution is 6.00. The number of ether oxygens (including phenoxy) is 2. The van der Waals surface area contributed by atoms with Crippen molar-refractivity contribution in [3.63, 3.8) is 0 Å². The molecule has 7 nitrogen and oxygen atoms in total. The number of amides is 2. The number of carbonyl (C=O) groups is 2. The van der Waals surface area contributed by atoms with Gasteiger partial charge in [0, 0.05) is 36.3 Å². The molecule has 8 heteroatoms. The highest BCUT2D eigenvalue weighted by Crippen LogP contribution is 2.27. The molecule has 1 saturated heterocycles. The molecule has 1 aliphatic rings. The molecule has 0 saturated carbocycles. The molecule has 2 N–H and O–H groups in total. The Hall–Kier alpha value is -4.01. The number of rotatable bonds is 10. The fourth-order valence-electron chi connectivity index (χ4n) is 4.85. The Morgan fingerprint density at radius 3 is 2.56 bits per heavy atom. The Kier molecular flexibility index (Phi) is 8.05. The van der Waals surface area contributed by atoms with Crippen molar-refractivity contribution < 1.29 is 23.5 Å². The average Bonchev–Trinajstić information content (AvgIpc) is 3.53. The number of fused-ring (bicyclic) bond motifs is 1. The van der Waals surface area contributed by atoms with Gasteiger partial charge in [0.25, 0.3) is 5.91 Å². The first-order chi connectivity index (χ1) is 18.9. The first kappa shape index (κ1) is 26.6. The third-order valence-electron chi connectivity index (χ3n) is 6.94. The molecular weight excluding hydrogens is 497 g/mol. The Balaban J connectivity index is 1.33. The van der Waals surface area contributed by atoms with Gasteiger partial charge in [-0.05, 0) is 67.3 Å². The molecule has 3 aromatic carbocycles. The molecule has 1 aliphatic heterocycles. The third kappa shape index (κ3) is 6.71. The summed E-state index contributed by atoms with van der Waals surface area (Å²) in [5, 5.41) is 6.70. The number of halogens is 1. The summed E-state index contributed by atoms with van der Waals surface area (Å²) in [5.74, 6) is -0.796. The van der Waals surface area contributed by atoms with E-state index in [2.05, 4.69) is 10.6 Å². The van der Waals surface area contributed by atoms with Gasteiger partial charge in [0.1, 0.15) is 18.1 Å². The normalized spacial score (nSPS) is 16.9. The van der Waals surface area contributed by atoms with Gasteiger partial charge in [-0.2, -0.15) is 0 Å². The Bertz CT molecular complexity index is 1440. The van der Waals surface area contributed by atoms with Crippen LogP contribution >= 0.6 is 0 Å². The van der Waals surface area contributed by atoms with Crippen molar-refractivity contribution in [3.05, 3.63) is 102 Å². The van der Waals surface area contributed by atoms with Gasteiger partial charge in [-0.15, -0.1) is 0 Å². The molecule has 39 heavy (non-hydrogen) atoms.